The maximum absolute atomic E-state index is 13.3. The Kier molecular flexibility index (Phi) is 4.68. The Morgan fingerprint density at radius 1 is 1.26 bits per heavy atom. The van der Waals surface area contributed by atoms with Crippen molar-refractivity contribution in [1.82, 2.24) is 14.5 Å². The van der Waals surface area contributed by atoms with Gasteiger partial charge in [0.15, 0.2) is 5.58 Å². The molecule has 1 saturated heterocycles. The number of benzene rings is 1. The summed E-state index contributed by atoms with van der Waals surface area (Å²) in [5.41, 5.74) is 1.97. The van der Waals surface area contributed by atoms with Crippen LogP contribution in [0.1, 0.15) is 38.3 Å². The van der Waals surface area contributed by atoms with Crippen LogP contribution in [0.4, 0.5) is 10.4 Å². The number of hydrogen-bond donors (Lipinski definition) is 0. The highest BCUT2D eigenvalue weighted by molar-refractivity contribution is 5.74. The van der Waals surface area contributed by atoms with Crippen molar-refractivity contribution in [3.05, 3.63) is 52.5 Å². The Labute approximate surface area is 156 Å². The predicted molar refractivity (Wildman–Crippen MR) is 101 cm³/mol. The molecular weight excluding hydrogens is 347 g/mol. The number of piperidine rings is 1. The molecule has 2 aromatic heterocycles. The summed E-state index contributed by atoms with van der Waals surface area (Å²) in [4.78, 5) is 23.2. The Hall–Kier alpha value is -2.70. The Balaban J connectivity index is 1.40. The van der Waals surface area contributed by atoms with Gasteiger partial charge in [0.1, 0.15) is 11.3 Å². The van der Waals surface area contributed by atoms with Gasteiger partial charge >= 0.3 is 0 Å². The number of hydrogen-bond acceptors (Lipinski definition) is 5. The smallest absolute Gasteiger partial charge is 0.298 e. The third-order valence-corrected chi connectivity index (χ3v) is 5.17. The van der Waals surface area contributed by atoms with Crippen LogP contribution >= 0.6 is 0 Å². The lowest BCUT2D eigenvalue weighted by molar-refractivity contribution is 0.342. The molecule has 0 N–H and O–H groups in total. The molecule has 0 atom stereocenters. The van der Waals surface area contributed by atoms with Crippen LogP contribution in [-0.4, -0.2) is 27.6 Å². The fourth-order valence-corrected chi connectivity index (χ4v) is 3.50. The third-order valence-electron chi connectivity index (χ3n) is 5.17. The summed E-state index contributed by atoms with van der Waals surface area (Å²) in [6.07, 6.45) is 3.54. The number of rotatable bonds is 4. The van der Waals surface area contributed by atoms with Crippen LogP contribution in [0.5, 0.6) is 0 Å². The molecule has 1 aliphatic rings. The van der Waals surface area contributed by atoms with Crippen LogP contribution < -0.4 is 10.5 Å². The molecule has 0 amide bonds. The van der Waals surface area contributed by atoms with Crippen molar-refractivity contribution >= 4 is 17.1 Å². The fourth-order valence-electron chi connectivity index (χ4n) is 3.50. The van der Waals surface area contributed by atoms with Gasteiger partial charge in [-0.25, -0.2) is 9.37 Å². The molecule has 3 aromatic rings. The molecule has 0 spiro atoms. The van der Waals surface area contributed by atoms with E-state index in [1.54, 1.807) is 23.0 Å². The van der Waals surface area contributed by atoms with Gasteiger partial charge in [-0.1, -0.05) is 13.8 Å². The number of anilines is 1. The van der Waals surface area contributed by atoms with Crippen LogP contribution in [-0.2, 0) is 6.54 Å². The average molecular weight is 370 g/mol. The van der Waals surface area contributed by atoms with E-state index < -0.39 is 0 Å². The van der Waals surface area contributed by atoms with Crippen LogP contribution in [0.15, 0.2) is 39.8 Å². The highest BCUT2D eigenvalue weighted by Crippen LogP contribution is 2.27. The summed E-state index contributed by atoms with van der Waals surface area (Å²) in [5.74, 6) is 0.344. The molecule has 4 rings (SSSR count). The van der Waals surface area contributed by atoms with Crippen molar-refractivity contribution in [2.75, 3.05) is 18.0 Å². The number of nitrogens with zero attached hydrogens (tertiary/aromatic N) is 4. The molecule has 6 nitrogen and oxygen atoms in total. The molecule has 1 aliphatic heterocycles. The van der Waals surface area contributed by atoms with Crippen molar-refractivity contribution in [3.8, 4) is 0 Å². The van der Waals surface area contributed by atoms with E-state index in [-0.39, 0.29) is 17.3 Å². The van der Waals surface area contributed by atoms with Crippen molar-refractivity contribution in [2.45, 2.75) is 39.2 Å². The molecule has 1 fully saturated rings. The van der Waals surface area contributed by atoms with Crippen molar-refractivity contribution in [2.24, 2.45) is 5.92 Å². The minimum atomic E-state index is -0.316. The maximum atomic E-state index is 13.3. The van der Waals surface area contributed by atoms with Gasteiger partial charge in [0, 0.05) is 31.8 Å². The first-order valence-electron chi connectivity index (χ1n) is 9.37. The van der Waals surface area contributed by atoms with Gasteiger partial charge in [0.25, 0.3) is 11.6 Å². The zero-order chi connectivity index (χ0) is 19.0. The Morgan fingerprint density at radius 2 is 2.04 bits per heavy atom. The fraction of sp³-hybridized carbons (Fsp3) is 0.450. The molecule has 1 aromatic carbocycles. The predicted octanol–water partition coefficient (Wildman–Crippen LogP) is 3.56. The summed E-state index contributed by atoms with van der Waals surface area (Å²) in [5, 5.41) is 0. The lowest BCUT2D eigenvalue weighted by atomic mass is 9.97. The first-order valence-corrected chi connectivity index (χ1v) is 9.37. The SMILES string of the molecule is CC(C)c1cc(=O)n(CC2CCN(c3nc4cc(F)ccc4o3)CC2)cn1. The molecule has 142 valence electrons. The Morgan fingerprint density at radius 3 is 2.74 bits per heavy atom. The van der Waals surface area contributed by atoms with Crippen molar-refractivity contribution in [3.63, 3.8) is 0 Å². The van der Waals surface area contributed by atoms with E-state index in [1.165, 1.54) is 12.1 Å². The first-order chi connectivity index (χ1) is 13.0. The maximum Gasteiger partial charge on any atom is 0.298 e. The van der Waals surface area contributed by atoms with E-state index in [1.807, 2.05) is 13.8 Å². The topological polar surface area (TPSA) is 64.2 Å². The standard InChI is InChI=1S/C20H23FN4O2/c1-13(2)16-10-19(26)25(12-22-16)11-14-5-7-24(8-6-14)20-23-17-9-15(21)3-4-18(17)27-20/h3-4,9-10,12-14H,5-8,11H2,1-2H3. The second kappa shape index (κ2) is 7.13. The van der Waals surface area contributed by atoms with E-state index >= 15 is 0 Å². The Bertz CT molecular complexity index is 1000. The van der Waals surface area contributed by atoms with E-state index in [4.69, 9.17) is 4.42 Å². The van der Waals surface area contributed by atoms with Gasteiger partial charge in [-0.3, -0.25) is 9.36 Å². The summed E-state index contributed by atoms with van der Waals surface area (Å²) in [7, 11) is 0. The largest absolute Gasteiger partial charge is 0.423 e. The summed E-state index contributed by atoms with van der Waals surface area (Å²) >= 11 is 0. The van der Waals surface area contributed by atoms with E-state index in [0.717, 1.165) is 31.6 Å². The quantitative estimate of drug-likeness (QED) is 0.703. The van der Waals surface area contributed by atoms with Crippen molar-refractivity contribution in [1.29, 1.82) is 0 Å². The van der Waals surface area contributed by atoms with Crippen LogP contribution in [0.2, 0.25) is 0 Å². The number of fused-ring (bicyclic) bond motifs is 1. The zero-order valence-corrected chi connectivity index (χ0v) is 15.6. The number of halogens is 1. The van der Waals surface area contributed by atoms with Gasteiger partial charge in [0.2, 0.25) is 0 Å². The average Bonchev–Trinajstić information content (AvgIpc) is 3.07. The zero-order valence-electron chi connectivity index (χ0n) is 15.6. The lowest BCUT2D eigenvalue weighted by Crippen LogP contribution is -2.36. The minimum Gasteiger partial charge on any atom is -0.423 e. The van der Waals surface area contributed by atoms with Gasteiger partial charge < -0.3 is 9.32 Å². The third kappa shape index (κ3) is 3.72. The molecule has 7 heteroatoms. The molecule has 0 bridgehead atoms. The van der Waals surface area contributed by atoms with Gasteiger partial charge in [0.05, 0.1) is 12.0 Å². The van der Waals surface area contributed by atoms with Gasteiger partial charge in [-0.2, -0.15) is 4.98 Å². The number of aromatic nitrogens is 3. The monoisotopic (exact) mass is 370 g/mol. The summed E-state index contributed by atoms with van der Waals surface area (Å²) in [6, 6.07) is 6.54. The van der Waals surface area contributed by atoms with Gasteiger partial charge in [-0.15, -0.1) is 0 Å². The summed E-state index contributed by atoms with van der Waals surface area (Å²) in [6.45, 7) is 6.33. The highest BCUT2D eigenvalue weighted by atomic mass is 19.1. The summed E-state index contributed by atoms with van der Waals surface area (Å²) < 4.78 is 20.8. The highest BCUT2D eigenvalue weighted by Gasteiger charge is 2.23. The van der Waals surface area contributed by atoms with E-state index in [9.17, 15) is 9.18 Å². The molecular formula is C20H23FN4O2. The second-order valence-electron chi connectivity index (χ2n) is 7.50. The minimum absolute atomic E-state index is 0.0112. The van der Waals surface area contributed by atoms with Crippen LogP contribution in [0.3, 0.4) is 0 Å². The second-order valence-corrected chi connectivity index (χ2v) is 7.50. The molecule has 3 heterocycles. The number of oxazole rings is 1. The van der Waals surface area contributed by atoms with E-state index in [0.29, 0.717) is 29.6 Å². The molecule has 0 saturated carbocycles. The molecule has 0 unspecified atom stereocenters. The van der Waals surface area contributed by atoms with E-state index in [2.05, 4.69) is 14.9 Å². The van der Waals surface area contributed by atoms with Crippen LogP contribution in [0.25, 0.3) is 11.1 Å². The van der Waals surface area contributed by atoms with Gasteiger partial charge in [-0.05, 0) is 36.8 Å². The van der Waals surface area contributed by atoms with Crippen LogP contribution in [0, 0.1) is 11.7 Å². The molecule has 0 aliphatic carbocycles. The van der Waals surface area contributed by atoms with Crippen molar-refractivity contribution < 1.29 is 8.81 Å². The molecule has 0 radical (unpaired) electrons. The first kappa shape index (κ1) is 17.7. The lowest BCUT2D eigenvalue weighted by Gasteiger charge is -2.31. The normalized spacial score (nSPS) is 15.8. The molecule has 27 heavy (non-hydrogen) atoms.